The zero-order valence-electron chi connectivity index (χ0n) is 20.4. The minimum Gasteiger partial charge on any atom is -0.494 e. The van der Waals surface area contributed by atoms with Crippen LogP contribution in [0.2, 0.25) is 0 Å². The molecular weight excluding hydrogens is 452 g/mol. The van der Waals surface area contributed by atoms with Crippen molar-refractivity contribution in [3.8, 4) is 34.6 Å². The fourth-order valence-corrected chi connectivity index (χ4v) is 4.18. The summed E-state index contributed by atoms with van der Waals surface area (Å²) in [5.74, 6) is 2.30. The number of hydrogen-bond acceptors (Lipinski definition) is 7. The van der Waals surface area contributed by atoms with E-state index in [2.05, 4.69) is 33.5 Å². The second-order valence-corrected chi connectivity index (χ2v) is 8.44. The van der Waals surface area contributed by atoms with Crippen molar-refractivity contribution < 1.29 is 9.47 Å². The number of nitrogens with zero attached hydrogens (tertiary/aromatic N) is 5. The number of ether oxygens (including phenoxy) is 2. The van der Waals surface area contributed by atoms with Crippen molar-refractivity contribution in [1.82, 2.24) is 19.5 Å². The smallest absolute Gasteiger partial charge is 0.249 e. The lowest BCUT2D eigenvalue weighted by Crippen LogP contribution is -2.02. The van der Waals surface area contributed by atoms with Gasteiger partial charge in [0, 0.05) is 30.7 Å². The molecule has 8 nitrogen and oxygen atoms in total. The molecule has 5 rings (SSSR count). The molecule has 0 saturated heterocycles. The van der Waals surface area contributed by atoms with Crippen LogP contribution in [0.1, 0.15) is 16.7 Å². The van der Waals surface area contributed by atoms with Crippen LogP contribution in [0.25, 0.3) is 22.2 Å². The molecule has 5 aromatic rings. The Morgan fingerprint density at radius 1 is 1.00 bits per heavy atom. The van der Waals surface area contributed by atoms with E-state index in [-0.39, 0.29) is 0 Å². The number of anilines is 2. The van der Waals surface area contributed by atoms with Gasteiger partial charge in [-0.05, 0) is 79.1 Å². The van der Waals surface area contributed by atoms with Crippen LogP contribution >= 0.6 is 0 Å². The first-order valence-electron chi connectivity index (χ1n) is 11.3. The SMILES string of the molecule is COc1cnccc1-c1cc(C)c(Oc2nc(Nc3ccc(C#N)cc3)nc3ccn(C)c23)c(C)c1. The van der Waals surface area contributed by atoms with Gasteiger partial charge in [-0.1, -0.05) is 0 Å². The van der Waals surface area contributed by atoms with E-state index in [4.69, 9.17) is 19.7 Å². The molecule has 0 aliphatic carbocycles. The summed E-state index contributed by atoms with van der Waals surface area (Å²) in [6.45, 7) is 4.03. The Morgan fingerprint density at radius 2 is 1.75 bits per heavy atom. The Morgan fingerprint density at radius 3 is 2.44 bits per heavy atom. The van der Waals surface area contributed by atoms with Crippen molar-refractivity contribution in [3.63, 3.8) is 0 Å². The minimum absolute atomic E-state index is 0.404. The Kier molecular flexibility index (Phi) is 5.97. The molecule has 0 spiro atoms. The number of benzene rings is 2. The first-order chi connectivity index (χ1) is 17.5. The lowest BCUT2D eigenvalue weighted by molar-refractivity contribution is 0.414. The molecule has 0 radical (unpaired) electrons. The number of nitrogens with one attached hydrogen (secondary N) is 1. The van der Waals surface area contributed by atoms with Gasteiger partial charge >= 0.3 is 0 Å². The molecule has 0 aliphatic rings. The standard InChI is InChI=1S/C28H24N6O2/c1-17-13-20(22-9-11-30-16-24(22)35-4)14-18(2)26(17)36-27-25-23(10-12-34(25)3)32-28(33-27)31-21-7-5-19(15-29)6-8-21/h5-14,16H,1-4H3,(H,31,32,33). The highest BCUT2D eigenvalue weighted by Gasteiger charge is 2.17. The molecule has 0 atom stereocenters. The summed E-state index contributed by atoms with van der Waals surface area (Å²) in [6, 6.07) is 17.2. The van der Waals surface area contributed by atoms with Gasteiger partial charge in [-0.25, -0.2) is 4.98 Å². The highest BCUT2D eigenvalue weighted by Crippen LogP contribution is 2.37. The highest BCUT2D eigenvalue weighted by molar-refractivity contribution is 5.83. The lowest BCUT2D eigenvalue weighted by atomic mass is 10.00. The summed E-state index contributed by atoms with van der Waals surface area (Å²) in [5, 5.41) is 12.3. The van der Waals surface area contributed by atoms with Crippen molar-refractivity contribution in [2.75, 3.05) is 12.4 Å². The quantitative estimate of drug-likeness (QED) is 0.318. The Labute approximate surface area is 208 Å². The zero-order valence-corrected chi connectivity index (χ0v) is 20.4. The van der Waals surface area contributed by atoms with Gasteiger partial charge < -0.3 is 19.4 Å². The molecule has 36 heavy (non-hydrogen) atoms. The number of aryl methyl sites for hydroxylation is 3. The van der Waals surface area contributed by atoms with Crippen LogP contribution in [0.15, 0.2) is 67.1 Å². The summed E-state index contributed by atoms with van der Waals surface area (Å²) in [7, 11) is 3.58. The van der Waals surface area contributed by atoms with Crippen LogP contribution in [0.4, 0.5) is 11.6 Å². The van der Waals surface area contributed by atoms with E-state index < -0.39 is 0 Å². The van der Waals surface area contributed by atoms with Crippen molar-refractivity contribution >= 4 is 22.7 Å². The van der Waals surface area contributed by atoms with Crippen LogP contribution in [0, 0.1) is 25.2 Å². The van der Waals surface area contributed by atoms with Crippen molar-refractivity contribution in [1.29, 1.82) is 5.26 Å². The monoisotopic (exact) mass is 476 g/mol. The molecule has 8 heteroatoms. The third kappa shape index (κ3) is 4.30. The molecule has 3 aromatic heterocycles. The number of rotatable bonds is 6. The summed E-state index contributed by atoms with van der Waals surface area (Å²) in [6.07, 6.45) is 5.39. The van der Waals surface area contributed by atoms with Gasteiger partial charge in [-0.2, -0.15) is 10.2 Å². The fraction of sp³-hybridized carbons (Fsp3) is 0.143. The molecule has 0 bridgehead atoms. The van der Waals surface area contributed by atoms with Gasteiger partial charge in [0.25, 0.3) is 0 Å². The van der Waals surface area contributed by atoms with Crippen molar-refractivity contribution in [2.45, 2.75) is 13.8 Å². The average molecular weight is 477 g/mol. The van der Waals surface area contributed by atoms with Crippen molar-refractivity contribution in [2.24, 2.45) is 7.05 Å². The minimum atomic E-state index is 0.404. The number of aromatic nitrogens is 4. The third-order valence-corrected chi connectivity index (χ3v) is 5.93. The van der Waals surface area contributed by atoms with Crippen LogP contribution in [0.5, 0.6) is 17.4 Å². The molecule has 0 amide bonds. The molecule has 3 heterocycles. The van der Waals surface area contributed by atoms with Gasteiger partial charge in [0.2, 0.25) is 11.8 Å². The van der Waals surface area contributed by atoms with Gasteiger partial charge in [-0.3, -0.25) is 4.98 Å². The largest absolute Gasteiger partial charge is 0.494 e. The van der Waals surface area contributed by atoms with Crippen LogP contribution in [0.3, 0.4) is 0 Å². The van der Waals surface area contributed by atoms with E-state index in [0.717, 1.165) is 44.7 Å². The van der Waals surface area contributed by atoms with Gasteiger partial charge in [-0.15, -0.1) is 0 Å². The van der Waals surface area contributed by atoms with Gasteiger partial charge in [0.15, 0.2) is 0 Å². The lowest BCUT2D eigenvalue weighted by Gasteiger charge is -2.16. The fourth-order valence-electron chi connectivity index (χ4n) is 4.18. The molecular formula is C28H24N6O2. The van der Waals surface area contributed by atoms with Crippen LogP contribution < -0.4 is 14.8 Å². The summed E-state index contributed by atoms with van der Waals surface area (Å²) < 4.78 is 13.9. The maximum atomic E-state index is 9.05. The van der Waals surface area contributed by atoms with E-state index in [0.29, 0.717) is 23.1 Å². The molecule has 178 valence electrons. The van der Waals surface area contributed by atoms with E-state index in [1.807, 2.05) is 55.9 Å². The molecule has 1 N–H and O–H groups in total. The summed E-state index contributed by atoms with van der Waals surface area (Å²) in [5.41, 5.74) is 6.82. The van der Waals surface area contributed by atoms with E-state index in [1.165, 1.54) is 0 Å². The predicted molar refractivity (Wildman–Crippen MR) is 139 cm³/mol. The van der Waals surface area contributed by atoms with Gasteiger partial charge in [0.05, 0.1) is 30.5 Å². The number of hydrogen-bond donors (Lipinski definition) is 1. The normalized spacial score (nSPS) is 10.8. The van der Waals surface area contributed by atoms with E-state index in [9.17, 15) is 0 Å². The zero-order chi connectivity index (χ0) is 25.2. The van der Waals surface area contributed by atoms with Gasteiger partial charge in [0.1, 0.15) is 17.0 Å². The predicted octanol–water partition coefficient (Wildman–Crippen LogP) is 6.06. The first kappa shape index (κ1) is 22.9. The number of fused-ring (bicyclic) bond motifs is 1. The molecule has 0 aliphatic heterocycles. The topological polar surface area (TPSA) is 97.9 Å². The molecule has 0 saturated carbocycles. The van der Waals surface area contributed by atoms with Crippen LogP contribution in [-0.4, -0.2) is 26.6 Å². The highest BCUT2D eigenvalue weighted by atomic mass is 16.5. The third-order valence-electron chi connectivity index (χ3n) is 5.93. The Bertz CT molecular complexity index is 1590. The number of nitriles is 1. The first-order valence-corrected chi connectivity index (χ1v) is 11.3. The number of pyridine rings is 1. The Balaban J connectivity index is 1.53. The van der Waals surface area contributed by atoms with E-state index in [1.54, 1.807) is 31.6 Å². The summed E-state index contributed by atoms with van der Waals surface area (Å²) >= 11 is 0. The maximum absolute atomic E-state index is 9.05. The molecule has 2 aromatic carbocycles. The number of methoxy groups -OCH3 is 1. The molecule has 0 unspecified atom stereocenters. The molecule has 0 fully saturated rings. The second-order valence-electron chi connectivity index (χ2n) is 8.44. The maximum Gasteiger partial charge on any atom is 0.249 e. The van der Waals surface area contributed by atoms with E-state index >= 15 is 0 Å². The summed E-state index contributed by atoms with van der Waals surface area (Å²) in [4.78, 5) is 13.5. The average Bonchev–Trinajstić information content (AvgIpc) is 3.27. The van der Waals surface area contributed by atoms with Crippen LogP contribution in [-0.2, 0) is 7.05 Å². The Hall–Kier alpha value is -4.90. The van der Waals surface area contributed by atoms with Crippen molar-refractivity contribution in [3.05, 3.63) is 83.8 Å². The second kappa shape index (κ2) is 9.39.